The van der Waals surface area contributed by atoms with Crippen LogP contribution in [0.3, 0.4) is 0 Å². The van der Waals surface area contributed by atoms with Crippen molar-refractivity contribution < 1.29 is 18.7 Å². The summed E-state index contributed by atoms with van der Waals surface area (Å²) in [6.07, 6.45) is 2.80. The molecule has 1 aromatic carbocycles. The summed E-state index contributed by atoms with van der Waals surface area (Å²) in [6, 6.07) is 6.36. The molecule has 1 aliphatic rings. The number of hydrogen-bond acceptors (Lipinski definition) is 4. The Morgan fingerprint density at radius 2 is 2.24 bits per heavy atom. The van der Waals surface area contributed by atoms with Crippen LogP contribution in [0.2, 0.25) is 0 Å². The predicted octanol–water partition coefficient (Wildman–Crippen LogP) is 3.13. The second kappa shape index (κ2) is 6.89. The molecule has 0 saturated heterocycles. The molecule has 2 atom stereocenters. The SMILES string of the molecule is CCOC(=O)C1(Nc2ccccc2F)CCCC(OC)C1. The molecule has 1 aromatic rings. The van der Waals surface area contributed by atoms with Gasteiger partial charge in [-0.2, -0.15) is 0 Å². The Hall–Kier alpha value is -1.62. The highest BCUT2D eigenvalue weighted by Gasteiger charge is 2.44. The molecule has 0 aromatic heterocycles. The Balaban J connectivity index is 2.27. The van der Waals surface area contributed by atoms with Crippen LogP contribution in [0.1, 0.15) is 32.6 Å². The Bertz CT molecular complexity index is 494. The van der Waals surface area contributed by atoms with Crippen molar-refractivity contribution in [1.82, 2.24) is 0 Å². The number of para-hydroxylation sites is 1. The third-order valence-electron chi connectivity index (χ3n) is 3.95. The van der Waals surface area contributed by atoms with Crippen LogP contribution < -0.4 is 5.32 Å². The van der Waals surface area contributed by atoms with Gasteiger partial charge in [0, 0.05) is 13.5 Å². The van der Waals surface area contributed by atoms with E-state index in [1.807, 2.05) is 0 Å². The van der Waals surface area contributed by atoms with Crippen molar-refractivity contribution in [1.29, 1.82) is 0 Å². The molecule has 116 valence electrons. The average molecular weight is 295 g/mol. The number of anilines is 1. The van der Waals surface area contributed by atoms with Crippen LogP contribution in [-0.4, -0.2) is 31.3 Å². The standard InChI is InChI=1S/C16H22FNO3/c1-3-21-15(19)16(10-6-7-12(11-16)20-2)18-14-9-5-4-8-13(14)17/h4-5,8-9,12,18H,3,6-7,10-11H2,1-2H3. The highest BCUT2D eigenvalue weighted by molar-refractivity contribution is 5.85. The van der Waals surface area contributed by atoms with Gasteiger partial charge in [-0.05, 0) is 38.3 Å². The molecule has 2 rings (SSSR count). The van der Waals surface area contributed by atoms with E-state index in [1.54, 1.807) is 32.2 Å². The number of ether oxygens (including phenoxy) is 2. The molecule has 0 bridgehead atoms. The zero-order chi connectivity index (χ0) is 15.3. The molecule has 0 radical (unpaired) electrons. The quantitative estimate of drug-likeness (QED) is 0.848. The summed E-state index contributed by atoms with van der Waals surface area (Å²) < 4.78 is 24.5. The van der Waals surface area contributed by atoms with Crippen molar-refractivity contribution in [2.45, 2.75) is 44.2 Å². The molecule has 4 nitrogen and oxygen atoms in total. The van der Waals surface area contributed by atoms with Crippen LogP contribution in [-0.2, 0) is 14.3 Å². The van der Waals surface area contributed by atoms with Gasteiger partial charge in [0.25, 0.3) is 0 Å². The number of rotatable bonds is 5. The summed E-state index contributed by atoms with van der Waals surface area (Å²) >= 11 is 0. The Labute approximate surface area is 124 Å². The van der Waals surface area contributed by atoms with Crippen molar-refractivity contribution in [3.63, 3.8) is 0 Å². The topological polar surface area (TPSA) is 47.6 Å². The number of esters is 1. The number of nitrogens with one attached hydrogen (secondary N) is 1. The zero-order valence-electron chi connectivity index (χ0n) is 12.5. The second-order valence-electron chi connectivity index (χ2n) is 5.36. The molecule has 0 aliphatic heterocycles. The minimum atomic E-state index is -0.920. The lowest BCUT2D eigenvalue weighted by atomic mass is 9.79. The van der Waals surface area contributed by atoms with Gasteiger partial charge in [0.1, 0.15) is 11.4 Å². The highest BCUT2D eigenvalue weighted by atomic mass is 19.1. The summed E-state index contributed by atoms with van der Waals surface area (Å²) in [5, 5.41) is 3.08. The summed E-state index contributed by atoms with van der Waals surface area (Å²) in [6.45, 7) is 2.07. The largest absolute Gasteiger partial charge is 0.464 e. The predicted molar refractivity (Wildman–Crippen MR) is 78.7 cm³/mol. The van der Waals surface area contributed by atoms with E-state index in [-0.39, 0.29) is 17.9 Å². The zero-order valence-corrected chi connectivity index (χ0v) is 12.5. The molecule has 0 spiro atoms. The Kier molecular flexibility index (Phi) is 5.17. The maximum Gasteiger partial charge on any atom is 0.331 e. The van der Waals surface area contributed by atoms with Gasteiger partial charge in [-0.15, -0.1) is 0 Å². The smallest absolute Gasteiger partial charge is 0.331 e. The van der Waals surface area contributed by atoms with Gasteiger partial charge in [-0.1, -0.05) is 12.1 Å². The number of hydrogen-bond donors (Lipinski definition) is 1. The van der Waals surface area contributed by atoms with Gasteiger partial charge >= 0.3 is 5.97 Å². The third-order valence-corrected chi connectivity index (χ3v) is 3.95. The van der Waals surface area contributed by atoms with Crippen molar-refractivity contribution in [3.8, 4) is 0 Å². The van der Waals surface area contributed by atoms with E-state index in [0.717, 1.165) is 12.8 Å². The molecular weight excluding hydrogens is 273 g/mol. The lowest BCUT2D eigenvalue weighted by Crippen LogP contribution is -2.52. The molecule has 0 amide bonds. The molecule has 5 heteroatoms. The fraction of sp³-hybridized carbons (Fsp3) is 0.562. The van der Waals surface area contributed by atoms with E-state index in [9.17, 15) is 9.18 Å². The first-order valence-corrected chi connectivity index (χ1v) is 7.34. The highest BCUT2D eigenvalue weighted by Crippen LogP contribution is 2.35. The Morgan fingerprint density at radius 3 is 2.90 bits per heavy atom. The van der Waals surface area contributed by atoms with E-state index >= 15 is 0 Å². The maximum absolute atomic E-state index is 13.9. The average Bonchev–Trinajstić information content (AvgIpc) is 2.50. The van der Waals surface area contributed by atoms with Gasteiger partial charge < -0.3 is 14.8 Å². The van der Waals surface area contributed by atoms with Gasteiger partial charge in [-0.3, -0.25) is 0 Å². The number of carbonyl (C=O) groups excluding carboxylic acids is 1. The molecular formula is C16H22FNO3. The fourth-order valence-corrected chi connectivity index (χ4v) is 2.87. The van der Waals surface area contributed by atoms with E-state index in [4.69, 9.17) is 9.47 Å². The number of halogens is 1. The second-order valence-corrected chi connectivity index (χ2v) is 5.36. The normalized spacial score (nSPS) is 25.4. The lowest BCUT2D eigenvalue weighted by Gasteiger charge is -2.39. The minimum absolute atomic E-state index is 0.0255. The van der Waals surface area contributed by atoms with Crippen LogP contribution in [0.15, 0.2) is 24.3 Å². The minimum Gasteiger partial charge on any atom is -0.464 e. The summed E-state index contributed by atoms with van der Waals surface area (Å²) in [5.41, 5.74) is -0.598. The summed E-state index contributed by atoms with van der Waals surface area (Å²) in [7, 11) is 1.63. The molecule has 1 aliphatic carbocycles. The molecule has 1 N–H and O–H groups in total. The molecule has 2 unspecified atom stereocenters. The first kappa shape index (κ1) is 15.8. The van der Waals surface area contributed by atoms with Crippen LogP contribution in [0, 0.1) is 5.82 Å². The molecule has 0 heterocycles. The number of benzene rings is 1. The van der Waals surface area contributed by atoms with E-state index in [0.29, 0.717) is 25.1 Å². The van der Waals surface area contributed by atoms with Crippen LogP contribution in [0.4, 0.5) is 10.1 Å². The van der Waals surface area contributed by atoms with Crippen molar-refractivity contribution in [2.24, 2.45) is 0 Å². The van der Waals surface area contributed by atoms with Crippen molar-refractivity contribution in [3.05, 3.63) is 30.1 Å². The third kappa shape index (κ3) is 3.53. The van der Waals surface area contributed by atoms with Crippen LogP contribution in [0.5, 0.6) is 0 Å². The van der Waals surface area contributed by atoms with Gasteiger partial charge in [0.2, 0.25) is 0 Å². The molecule has 1 saturated carbocycles. The molecule has 1 fully saturated rings. The van der Waals surface area contributed by atoms with E-state index in [1.165, 1.54) is 6.07 Å². The number of methoxy groups -OCH3 is 1. The van der Waals surface area contributed by atoms with Gasteiger partial charge in [0.15, 0.2) is 0 Å². The fourth-order valence-electron chi connectivity index (χ4n) is 2.87. The Morgan fingerprint density at radius 1 is 1.48 bits per heavy atom. The number of carbonyl (C=O) groups is 1. The van der Waals surface area contributed by atoms with Gasteiger partial charge in [-0.25, -0.2) is 9.18 Å². The van der Waals surface area contributed by atoms with Gasteiger partial charge in [0.05, 0.1) is 18.4 Å². The monoisotopic (exact) mass is 295 g/mol. The first-order valence-electron chi connectivity index (χ1n) is 7.34. The maximum atomic E-state index is 13.9. The molecule has 21 heavy (non-hydrogen) atoms. The lowest BCUT2D eigenvalue weighted by molar-refractivity contribution is -0.151. The summed E-state index contributed by atoms with van der Waals surface area (Å²) in [5.74, 6) is -0.712. The van der Waals surface area contributed by atoms with Crippen molar-refractivity contribution in [2.75, 3.05) is 19.0 Å². The van der Waals surface area contributed by atoms with E-state index in [2.05, 4.69) is 5.32 Å². The van der Waals surface area contributed by atoms with E-state index < -0.39 is 5.54 Å². The van der Waals surface area contributed by atoms with Crippen LogP contribution in [0.25, 0.3) is 0 Å². The summed E-state index contributed by atoms with van der Waals surface area (Å²) in [4.78, 5) is 12.4. The first-order chi connectivity index (χ1) is 10.1. The van der Waals surface area contributed by atoms with Crippen LogP contribution >= 0.6 is 0 Å². The van der Waals surface area contributed by atoms with Crippen molar-refractivity contribution >= 4 is 11.7 Å².